The molecule has 0 radical (unpaired) electrons. The van der Waals surface area contributed by atoms with Crippen molar-refractivity contribution in [3.8, 4) is 11.8 Å². The van der Waals surface area contributed by atoms with Crippen LogP contribution >= 0.6 is 11.6 Å². The van der Waals surface area contributed by atoms with Crippen molar-refractivity contribution in [3.05, 3.63) is 81.6 Å². The molecule has 2 aromatic rings. The minimum Gasteiger partial charge on any atom is -0.481 e. The summed E-state index contributed by atoms with van der Waals surface area (Å²) in [4.78, 5) is 12.8. The van der Waals surface area contributed by atoms with Crippen LogP contribution in [0.2, 0.25) is 5.02 Å². The lowest BCUT2D eigenvalue weighted by Crippen LogP contribution is -2.40. The monoisotopic (exact) mass is 561 g/mol. The number of piperidine rings is 1. The van der Waals surface area contributed by atoms with Crippen molar-refractivity contribution in [2.24, 2.45) is 5.92 Å². The van der Waals surface area contributed by atoms with Crippen LogP contribution in [0.3, 0.4) is 0 Å². The van der Waals surface area contributed by atoms with E-state index in [9.17, 15) is 36.2 Å². The molecule has 0 bridgehead atoms. The number of carbonyl (C=O) groups is 1. The number of hydrogen-bond donors (Lipinski definition) is 1. The van der Waals surface area contributed by atoms with E-state index in [1.54, 1.807) is 0 Å². The maximum absolute atomic E-state index is 15.3. The fourth-order valence-corrected chi connectivity index (χ4v) is 4.78. The number of carboxylic acids is 1. The van der Waals surface area contributed by atoms with Gasteiger partial charge in [0.15, 0.2) is 0 Å². The lowest BCUT2D eigenvalue weighted by atomic mass is 9.83. The van der Waals surface area contributed by atoms with E-state index in [-0.39, 0.29) is 31.4 Å². The van der Waals surface area contributed by atoms with Crippen molar-refractivity contribution in [2.45, 2.75) is 50.6 Å². The Labute approximate surface area is 219 Å². The van der Waals surface area contributed by atoms with Crippen LogP contribution in [0.25, 0.3) is 0 Å². The van der Waals surface area contributed by atoms with E-state index >= 15 is 4.39 Å². The van der Waals surface area contributed by atoms with E-state index in [1.165, 1.54) is 24.0 Å². The Bertz CT molecular complexity index is 1260. The third-order valence-corrected chi connectivity index (χ3v) is 6.60. The van der Waals surface area contributed by atoms with Crippen LogP contribution in [-0.4, -0.2) is 22.5 Å². The van der Waals surface area contributed by atoms with Gasteiger partial charge in [0.05, 0.1) is 16.1 Å². The van der Waals surface area contributed by atoms with Gasteiger partial charge in [-0.1, -0.05) is 42.2 Å². The minimum atomic E-state index is -4.96. The Morgan fingerprint density at radius 3 is 2.29 bits per heavy atom. The summed E-state index contributed by atoms with van der Waals surface area (Å²) in [6, 6.07) is 3.12. The minimum absolute atomic E-state index is 0.00240. The van der Waals surface area contributed by atoms with Crippen molar-refractivity contribution in [3.63, 3.8) is 0 Å². The highest BCUT2D eigenvalue weighted by molar-refractivity contribution is 6.30. The van der Waals surface area contributed by atoms with Crippen LogP contribution < -0.4 is 0 Å². The zero-order chi connectivity index (χ0) is 28.4. The van der Waals surface area contributed by atoms with Crippen LogP contribution in [0.15, 0.2) is 48.6 Å². The second kappa shape index (κ2) is 11.4. The molecule has 0 amide bonds. The zero-order valence-corrected chi connectivity index (χ0v) is 20.8. The molecule has 3 rings (SSSR count). The summed E-state index contributed by atoms with van der Waals surface area (Å²) in [7, 11) is 0. The topological polar surface area (TPSA) is 40.5 Å². The molecular formula is C27H23ClF7NO2. The molecule has 1 aliphatic rings. The molecule has 1 saturated heterocycles. The van der Waals surface area contributed by atoms with Gasteiger partial charge in [0.1, 0.15) is 11.9 Å². The van der Waals surface area contributed by atoms with Crippen molar-refractivity contribution in [1.82, 2.24) is 4.90 Å². The molecule has 1 N–H and O–H groups in total. The van der Waals surface area contributed by atoms with E-state index < -0.39 is 63.9 Å². The van der Waals surface area contributed by atoms with Crippen molar-refractivity contribution in [2.75, 3.05) is 6.54 Å². The van der Waals surface area contributed by atoms with E-state index in [0.29, 0.717) is 11.6 Å². The van der Waals surface area contributed by atoms with Gasteiger partial charge < -0.3 is 5.11 Å². The number of rotatable bonds is 5. The first-order valence-electron chi connectivity index (χ1n) is 11.5. The van der Waals surface area contributed by atoms with Crippen molar-refractivity contribution < 1.29 is 40.6 Å². The maximum atomic E-state index is 15.3. The summed E-state index contributed by atoms with van der Waals surface area (Å²) < 4.78 is 96.8. The molecule has 3 nitrogen and oxygen atoms in total. The van der Waals surface area contributed by atoms with Crippen LogP contribution in [0, 0.1) is 23.6 Å². The summed E-state index contributed by atoms with van der Waals surface area (Å²) in [5, 5.41) is 8.73. The quantitative estimate of drug-likeness (QED) is 0.296. The van der Waals surface area contributed by atoms with Gasteiger partial charge in [0.2, 0.25) is 0 Å². The number of benzene rings is 2. The lowest BCUT2D eigenvalue weighted by Gasteiger charge is -2.43. The molecule has 0 aromatic heterocycles. The molecule has 0 unspecified atom stereocenters. The van der Waals surface area contributed by atoms with Gasteiger partial charge in [-0.15, -0.1) is 0 Å². The molecule has 11 heteroatoms. The molecule has 0 aliphatic carbocycles. The number of nitrogens with zero attached hydrogens (tertiary/aromatic N) is 1. The Kier molecular flexibility index (Phi) is 8.84. The van der Waals surface area contributed by atoms with Gasteiger partial charge in [-0.3, -0.25) is 9.69 Å². The second-order valence-electron chi connectivity index (χ2n) is 9.13. The van der Waals surface area contributed by atoms with Gasteiger partial charge in [0, 0.05) is 24.6 Å². The third-order valence-electron chi connectivity index (χ3n) is 6.30. The van der Waals surface area contributed by atoms with Crippen molar-refractivity contribution >= 4 is 17.6 Å². The summed E-state index contributed by atoms with van der Waals surface area (Å²) >= 11 is 5.88. The first-order valence-corrected chi connectivity index (χ1v) is 11.8. The van der Waals surface area contributed by atoms with Crippen LogP contribution in [0.4, 0.5) is 30.7 Å². The molecule has 204 valence electrons. The average Bonchev–Trinajstić information content (AvgIpc) is 2.80. The number of hydrogen-bond acceptors (Lipinski definition) is 2. The Morgan fingerprint density at radius 2 is 1.76 bits per heavy atom. The van der Waals surface area contributed by atoms with Gasteiger partial charge in [-0.05, 0) is 61.1 Å². The number of carboxylic acid groups (broad SMARTS) is 1. The van der Waals surface area contributed by atoms with Crippen LogP contribution in [0.1, 0.15) is 60.5 Å². The van der Waals surface area contributed by atoms with E-state index in [4.69, 9.17) is 11.6 Å². The number of alkyl halides is 6. The van der Waals surface area contributed by atoms with Gasteiger partial charge >= 0.3 is 18.3 Å². The number of aliphatic carboxylic acids is 1. The first-order chi connectivity index (χ1) is 17.6. The van der Waals surface area contributed by atoms with Crippen LogP contribution in [-0.2, 0) is 17.1 Å². The zero-order valence-electron chi connectivity index (χ0n) is 20.1. The van der Waals surface area contributed by atoms with Gasteiger partial charge in [-0.2, -0.15) is 26.3 Å². The first kappa shape index (κ1) is 29.5. The number of likely N-dealkylation sites (tertiary alicyclic amines) is 1. The summed E-state index contributed by atoms with van der Waals surface area (Å²) in [5.41, 5.74) is -2.44. The summed E-state index contributed by atoms with van der Waals surface area (Å²) in [5.74, 6) is 2.44. The Hall–Kier alpha value is -3.03. The molecule has 1 heterocycles. The molecular weight excluding hydrogens is 539 g/mol. The predicted molar refractivity (Wildman–Crippen MR) is 128 cm³/mol. The summed E-state index contributed by atoms with van der Waals surface area (Å²) in [6.07, 6.45) is -9.50. The fourth-order valence-electron chi connectivity index (χ4n) is 4.61. The van der Waals surface area contributed by atoms with E-state index in [2.05, 4.69) is 18.4 Å². The Balaban J connectivity index is 2.21. The molecule has 3 atom stereocenters. The highest BCUT2D eigenvalue weighted by Crippen LogP contribution is 2.45. The Morgan fingerprint density at radius 1 is 1.13 bits per heavy atom. The molecule has 1 aliphatic heterocycles. The van der Waals surface area contributed by atoms with E-state index in [1.807, 2.05) is 0 Å². The lowest BCUT2D eigenvalue weighted by molar-refractivity contribution is -0.140. The standard InChI is InChI=1S/C27H23ClF7NO2/c1-15(2)3-10-21(24-19(27(33,34)35)8-9-20(28)25(24)29)36-12-11-16(14-23(37)38)13-22(36)17-4-6-18(7-5-17)26(30,31)32/h4-9,16,21-22H,1,11-14H2,2H3,(H,37,38)/t16-,21-,22+/m0/s1. The van der Waals surface area contributed by atoms with Crippen LogP contribution in [0.5, 0.6) is 0 Å². The molecule has 0 saturated carbocycles. The molecule has 2 aromatic carbocycles. The largest absolute Gasteiger partial charge is 0.481 e. The normalized spacial score (nSPS) is 19.4. The SMILES string of the molecule is C=C(C)C#C[C@@H](c1c(C(F)(F)F)ccc(Cl)c1F)N1CC[C@H](CC(=O)O)C[C@@H]1c1ccc(C(F)(F)F)cc1. The van der Waals surface area contributed by atoms with Crippen molar-refractivity contribution in [1.29, 1.82) is 0 Å². The highest BCUT2D eigenvalue weighted by atomic mass is 35.5. The van der Waals surface area contributed by atoms with E-state index in [0.717, 1.165) is 18.2 Å². The maximum Gasteiger partial charge on any atom is 0.416 e. The molecule has 1 fully saturated rings. The number of halogens is 8. The molecule has 38 heavy (non-hydrogen) atoms. The predicted octanol–water partition coefficient (Wildman–Crippen LogP) is 8.07. The second-order valence-corrected chi connectivity index (χ2v) is 9.54. The smallest absolute Gasteiger partial charge is 0.416 e. The van der Waals surface area contributed by atoms with Gasteiger partial charge in [-0.25, -0.2) is 4.39 Å². The fraction of sp³-hybridized carbons (Fsp3) is 0.370. The molecule has 0 spiro atoms. The highest BCUT2D eigenvalue weighted by Gasteiger charge is 2.42. The third kappa shape index (κ3) is 6.88. The van der Waals surface area contributed by atoms with Gasteiger partial charge in [0.25, 0.3) is 0 Å². The summed E-state index contributed by atoms with van der Waals surface area (Å²) in [6.45, 7) is 5.14. The average molecular weight is 562 g/mol. The number of allylic oxidation sites excluding steroid dienone is 1.